The minimum Gasteiger partial charge on any atom is -0.444 e. The van der Waals surface area contributed by atoms with Crippen LogP contribution in [0.5, 0.6) is 0 Å². The molecule has 0 radical (unpaired) electrons. The normalized spacial score (nSPS) is 23.5. The third-order valence-electron chi connectivity index (χ3n) is 3.62. The number of ether oxygens (including phenoxy) is 1. The lowest BCUT2D eigenvalue weighted by atomic mass is 9.74. The summed E-state index contributed by atoms with van der Waals surface area (Å²) in [6.07, 6.45) is 0.327. The van der Waals surface area contributed by atoms with Crippen LogP contribution in [0.3, 0.4) is 0 Å². The molecule has 1 rings (SSSR count). The highest BCUT2D eigenvalue weighted by Crippen LogP contribution is 2.37. The average molecular weight is 326 g/mol. The van der Waals surface area contributed by atoms with Gasteiger partial charge < -0.3 is 9.64 Å². The Morgan fingerprint density at radius 3 is 2.40 bits per heavy atom. The molecule has 0 saturated carbocycles. The number of hydrogen-bond acceptors (Lipinski definition) is 4. The maximum Gasteiger partial charge on any atom is 0.410 e. The second kappa shape index (κ2) is 5.72. The maximum absolute atomic E-state index is 12.1. The summed E-state index contributed by atoms with van der Waals surface area (Å²) in [5, 5.41) is 0. The highest BCUT2D eigenvalue weighted by atomic mass is 35.7. The van der Waals surface area contributed by atoms with E-state index in [0.717, 1.165) is 6.42 Å². The number of nitrogens with zero attached hydrogens (tertiary/aromatic N) is 1. The molecular weight excluding hydrogens is 302 g/mol. The number of rotatable bonds is 2. The van der Waals surface area contributed by atoms with Crippen molar-refractivity contribution in [2.45, 2.75) is 46.6 Å². The molecule has 20 heavy (non-hydrogen) atoms. The van der Waals surface area contributed by atoms with Crippen LogP contribution in [0.15, 0.2) is 0 Å². The van der Waals surface area contributed by atoms with Gasteiger partial charge in [-0.05, 0) is 38.5 Å². The molecule has 1 unspecified atom stereocenters. The average Bonchev–Trinajstić information content (AvgIpc) is 2.16. The molecule has 1 fully saturated rings. The molecule has 5 nitrogen and oxygen atoms in total. The predicted octanol–water partition coefficient (Wildman–Crippen LogP) is 2.84. The Morgan fingerprint density at radius 1 is 1.40 bits per heavy atom. The number of hydrogen-bond donors (Lipinski definition) is 0. The van der Waals surface area contributed by atoms with Gasteiger partial charge in [0, 0.05) is 23.8 Å². The molecule has 118 valence electrons. The smallest absolute Gasteiger partial charge is 0.410 e. The molecule has 0 aromatic heterocycles. The maximum atomic E-state index is 12.1. The Hall–Kier alpha value is -0.490. The zero-order valence-corrected chi connectivity index (χ0v) is 14.3. The van der Waals surface area contributed by atoms with Crippen LogP contribution in [-0.2, 0) is 13.8 Å². The molecule has 7 heteroatoms. The lowest BCUT2D eigenvalue weighted by Crippen LogP contribution is -2.50. The summed E-state index contributed by atoms with van der Waals surface area (Å²) in [6, 6.07) is 0. The van der Waals surface area contributed by atoms with Gasteiger partial charge >= 0.3 is 6.09 Å². The minimum absolute atomic E-state index is 0.124. The summed E-state index contributed by atoms with van der Waals surface area (Å²) >= 11 is 0. The number of carbonyl (C=O) groups excluding carboxylic acids is 1. The van der Waals surface area contributed by atoms with Gasteiger partial charge in [-0.1, -0.05) is 13.8 Å². The second-order valence-corrected chi connectivity index (χ2v) is 9.89. The van der Waals surface area contributed by atoms with Gasteiger partial charge in [-0.2, -0.15) is 0 Å². The van der Waals surface area contributed by atoms with Crippen LogP contribution in [-0.4, -0.2) is 43.9 Å². The lowest BCUT2D eigenvalue weighted by molar-refractivity contribution is 0.00215. The van der Waals surface area contributed by atoms with E-state index in [0.29, 0.717) is 13.1 Å². The Bertz CT molecular complexity index is 467. The molecule has 1 atom stereocenters. The summed E-state index contributed by atoms with van der Waals surface area (Å²) in [7, 11) is 1.78. The van der Waals surface area contributed by atoms with E-state index in [1.54, 1.807) is 25.7 Å². The van der Waals surface area contributed by atoms with Crippen LogP contribution in [0.25, 0.3) is 0 Å². The topological polar surface area (TPSA) is 63.7 Å². The van der Waals surface area contributed by atoms with E-state index in [9.17, 15) is 13.2 Å². The first-order chi connectivity index (χ1) is 8.80. The van der Waals surface area contributed by atoms with E-state index in [-0.39, 0.29) is 17.1 Å². The van der Waals surface area contributed by atoms with E-state index in [1.165, 1.54) is 0 Å². The summed E-state index contributed by atoms with van der Waals surface area (Å²) in [5.41, 5.74) is -0.724. The van der Waals surface area contributed by atoms with Gasteiger partial charge in [0.2, 0.25) is 9.05 Å². The van der Waals surface area contributed by atoms with Crippen LogP contribution in [0, 0.1) is 11.3 Å². The summed E-state index contributed by atoms with van der Waals surface area (Å²) in [5.74, 6) is -0.313. The third kappa shape index (κ3) is 5.48. The first-order valence-corrected chi connectivity index (χ1v) is 9.18. The van der Waals surface area contributed by atoms with Gasteiger partial charge in [0.25, 0.3) is 0 Å². The highest BCUT2D eigenvalue weighted by Gasteiger charge is 2.40. The third-order valence-corrected chi connectivity index (χ3v) is 4.80. The molecule has 1 saturated heterocycles. The Morgan fingerprint density at radius 2 is 1.95 bits per heavy atom. The van der Waals surface area contributed by atoms with Crippen molar-refractivity contribution in [3.05, 3.63) is 0 Å². The fourth-order valence-corrected chi connectivity index (χ4v) is 3.74. The molecule has 1 aliphatic rings. The van der Waals surface area contributed by atoms with Crippen molar-refractivity contribution < 1.29 is 17.9 Å². The van der Waals surface area contributed by atoms with Gasteiger partial charge in [-0.25, -0.2) is 13.2 Å². The molecular formula is C13H24ClNO4S. The number of likely N-dealkylation sites (tertiary alicyclic amines) is 1. The molecule has 0 aromatic rings. The Labute approximate surface area is 126 Å². The van der Waals surface area contributed by atoms with Crippen LogP contribution >= 0.6 is 10.7 Å². The molecule has 0 spiro atoms. The zero-order chi connectivity index (χ0) is 15.8. The van der Waals surface area contributed by atoms with Crippen molar-refractivity contribution in [3.8, 4) is 0 Å². The van der Waals surface area contributed by atoms with E-state index >= 15 is 0 Å². The fourth-order valence-electron chi connectivity index (χ4n) is 2.24. The van der Waals surface area contributed by atoms with Crippen LogP contribution in [0.1, 0.15) is 41.0 Å². The van der Waals surface area contributed by atoms with E-state index in [1.807, 2.05) is 13.8 Å². The SMILES string of the molecule is CC(C)(C)OC(=O)N1CCC(C)(C)C(CS(=O)(=O)Cl)C1. The molecule has 0 aromatic carbocycles. The molecule has 0 aliphatic carbocycles. The monoisotopic (exact) mass is 325 g/mol. The largest absolute Gasteiger partial charge is 0.444 e. The van der Waals surface area contributed by atoms with Gasteiger partial charge in [0.1, 0.15) is 5.60 Å². The van der Waals surface area contributed by atoms with Crippen molar-refractivity contribution in [3.63, 3.8) is 0 Å². The molecule has 0 N–H and O–H groups in total. The molecule has 1 aliphatic heterocycles. The van der Waals surface area contributed by atoms with E-state index < -0.39 is 20.7 Å². The summed E-state index contributed by atoms with van der Waals surface area (Å²) in [4.78, 5) is 13.6. The van der Waals surface area contributed by atoms with Gasteiger partial charge in [-0.15, -0.1) is 0 Å². The number of carbonyl (C=O) groups is 1. The van der Waals surface area contributed by atoms with E-state index in [2.05, 4.69) is 0 Å². The van der Waals surface area contributed by atoms with Crippen molar-refractivity contribution >= 4 is 25.8 Å². The van der Waals surface area contributed by atoms with Crippen LogP contribution < -0.4 is 0 Å². The van der Waals surface area contributed by atoms with Crippen molar-refractivity contribution in [1.82, 2.24) is 4.90 Å². The Kier molecular flexibility index (Phi) is 5.02. The van der Waals surface area contributed by atoms with Crippen LogP contribution in [0.2, 0.25) is 0 Å². The second-order valence-electron chi connectivity index (χ2n) is 7.07. The van der Waals surface area contributed by atoms with Gasteiger partial charge in [-0.3, -0.25) is 0 Å². The van der Waals surface area contributed by atoms with Gasteiger partial charge in [0.05, 0.1) is 5.75 Å². The standard InChI is InChI=1S/C13H24ClNO4S/c1-12(2,3)19-11(16)15-7-6-13(4,5)10(8-15)9-20(14,17)18/h10H,6-9H2,1-5H3. The zero-order valence-electron chi connectivity index (χ0n) is 12.8. The lowest BCUT2D eigenvalue weighted by Gasteiger charge is -2.43. The van der Waals surface area contributed by atoms with Crippen molar-refractivity contribution in [1.29, 1.82) is 0 Å². The van der Waals surface area contributed by atoms with Crippen molar-refractivity contribution in [2.24, 2.45) is 11.3 Å². The quantitative estimate of drug-likeness (QED) is 0.732. The first kappa shape index (κ1) is 17.6. The first-order valence-electron chi connectivity index (χ1n) is 6.70. The van der Waals surface area contributed by atoms with E-state index in [4.69, 9.17) is 15.4 Å². The number of halogens is 1. The highest BCUT2D eigenvalue weighted by molar-refractivity contribution is 8.13. The number of piperidine rings is 1. The fraction of sp³-hybridized carbons (Fsp3) is 0.923. The summed E-state index contributed by atoms with van der Waals surface area (Å²) in [6.45, 7) is 10.4. The molecule has 1 amide bonds. The molecule has 0 bridgehead atoms. The van der Waals surface area contributed by atoms with Crippen LogP contribution in [0.4, 0.5) is 4.79 Å². The molecule has 1 heterocycles. The van der Waals surface area contributed by atoms with Crippen molar-refractivity contribution in [2.75, 3.05) is 18.8 Å². The predicted molar refractivity (Wildman–Crippen MR) is 79.3 cm³/mol. The number of amides is 1. The minimum atomic E-state index is -3.59. The Balaban J connectivity index is 2.78. The van der Waals surface area contributed by atoms with Gasteiger partial charge in [0.15, 0.2) is 0 Å². The summed E-state index contributed by atoms with van der Waals surface area (Å²) < 4.78 is 28.0.